The Labute approximate surface area is 172 Å². The molecule has 1 aliphatic heterocycles. The maximum absolute atomic E-state index is 12.8. The quantitative estimate of drug-likeness (QED) is 0.823. The molecule has 2 unspecified atom stereocenters. The molecule has 1 N–H and O–H groups in total. The van der Waals surface area contributed by atoms with Crippen molar-refractivity contribution in [3.05, 3.63) is 65.7 Å². The molecule has 0 bridgehead atoms. The van der Waals surface area contributed by atoms with Crippen LogP contribution < -0.4 is 5.32 Å². The number of amides is 2. The van der Waals surface area contributed by atoms with Crippen LogP contribution in [0.4, 0.5) is 5.69 Å². The molecule has 4 rings (SSSR count). The zero-order valence-electron chi connectivity index (χ0n) is 17.0. The van der Waals surface area contributed by atoms with Crippen LogP contribution in [0.1, 0.15) is 30.4 Å². The topological polar surface area (TPSA) is 52.7 Å². The number of benzene rings is 2. The first-order valence-electron chi connectivity index (χ1n) is 10.5. The van der Waals surface area contributed by atoms with Crippen LogP contribution in [-0.4, -0.2) is 54.3 Å². The second-order valence-electron chi connectivity index (χ2n) is 8.15. The molecule has 2 atom stereocenters. The molecule has 1 saturated carbocycles. The fourth-order valence-corrected chi connectivity index (χ4v) is 4.21. The molecule has 1 saturated heterocycles. The lowest BCUT2D eigenvalue weighted by molar-refractivity contribution is -0.134. The lowest BCUT2D eigenvalue weighted by Crippen LogP contribution is -2.49. The third-order valence-electron chi connectivity index (χ3n) is 6.01. The van der Waals surface area contributed by atoms with Gasteiger partial charge in [-0.2, -0.15) is 0 Å². The summed E-state index contributed by atoms with van der Waals surface area (Å²) < 4.78 is 0. The van der Waals surface area contributed by atoms with Crippen LogP contribution in [0.2, 0.25) is 0 Å². The molecule has 29 heavy (non-hydrogen) atoms. The molecule has 0 aromatic heterocycles. The summed E-state index contributed by atoms with van der Waals surface area (Å²) in [6.07, 6.45) is 1.98. The predicted molar refractivity (Wildman–Crippen MR) is 115 cm³/mol. The van der Waals surface area contributed by atoms with E-state index in [-0.39, 0.29) is 11.8 Å². The lowest BCUT2D eigenvalue weighted by atomic mass is 10.1. The molecular formula is C24H29N3O2. The van der Waals surface area contributed by atoms with Gasteiger partial charge in [-0.05, 0) is 42.0 Å². The van der Waals surface area contributed by atoms with Crippen molar-refractivity contribution in [3.63, 3.8) is 0 Å². The fourth-order valence-electron chi connectivity index (χ4n) is 4.21. The molecule has 2 aliphatic rings. The second-order valence-corrected chi connectivity index (χ2v) is 8.15. The SMILES string of the molecule is CC(=O)Nc1ccc(CCN2CCN(C(=O)C3CC3c3ccccc3)CC2)cc1. The third kappa shape index (κ3) is 5.04. The number of hydrogen-bond donors (Lipinski definition) is 1. The van der Waals surface area contributed by atoms with E-state index < -0.39 is 0 Å². The number of nitrogens with one attached hydrogen (secondary N) is 1. The first kappa shape index (κ1) is 19.6. The average molecular weight is 392 g/mol. The summed E-state index contributed by atoms with van der Waals surface area (Å²) in [6.45, 7) is 6.06. The van der Waals surface area contributed by atoms with Crippen LogP contribution in [-0.2, 0) is 16.0 Å². The fraction of sp³-hybridized carbons (Fsp3) is 0.417. The van der Waals surface area contributed by atoms with E-state index >= 15 is 0 Å². The highest BCUT2D eigenvalue weighted by Crippen LogP contribution is 2.48. The lowest BCUT2D eigenvalue weighted by Gasteiger charge is -2.35. The average Bonchev–Trinajstić information content (AvgIpc) is 3.54. The summed E-state index contributed by atoms with van der Waals surface area (Å²) in [5.74, 6) is 0.895. The van der Waals surface area contributed by atoms with E-state index in [4.69, 9.17) is 0 Å². The normalized spacial score (nSPS) is 21.6. The Morgan fingerprint density at radius 2 is 1.66 bits per heavy atom. The summed E-state index contributed by atoms with van der Waals surface area (Å²) in [5.41, 5.74) is 3.40. The summed E-state index contributed by atoms with van der Waals surface area (Å²) in [5, 5.41) is 2.79. The van der Waals surface area contributed by atoms with E-state index in [2.05, 4.69) is 51.5 Å². The van der Waals surface area contributed by atoms with E-state index in [1.807, 2.05) is 18.2 Å². The monoisotopic (exact) mass is 391 g/mol. The third-order valence-corrected chi connectivity index (χ3v) is 6.01. The van der Waals surface area contributed by atoms with Gasteiger partial charge in [0, 0.05) is 51.3 Å². The molecule has 5 heteroatoms. The Bertz CT molecular complexity index is 842. The maximum atomic E-state index is 12.8. The van der Waals surface area contributed by atoms with Gasteiger partial charge in [-0.25, -0.2) is 0 Å². The van der Waals surface area contributed by atoms with Crippen molar-refractivity contribution < 1.29 is 9.59 Å². The van der Waals surface area contributed by atoms with Gasteiger partial charge in [0.1, 0.15) is 0 Å². The van der Waals surface area contributed by atoms with Gasteiger partial charge in [0.25, 0.3) is 0 Å². The van der Waals surface area contributed by atoms with Gasteiger partial charge >= 0.3 is 0 Å². The molecule has 152 valence electrons. The molecule has 0 radical (unpaired) electrons. The van der Waals surface area contributed by atoms with Gasteiger partial charge in [0.05, 0.1) is 0 Å². The van der Waals surface area contributed by atoms with Crippen molar-refractivity contribution in [2.24, 2.45) is 5.92 Å². The Morgan fingerprint density at radius 1 is 0.966 bits per heavy atom. The molecule has 5 nitrogen and oxygen atoms in total. The summed E-state index contributed by atoms with van der Waals surface area (Å²) in [4.78, 5) is 28.4. The van der Waals surface area contributed by atoms with Crippen LogP contribution in [0.25, 0.3) is 0 Å². The summed E-state index contributed by atoms with van der Waals surface area (Å²) >= 11 is 0. The van der Waals surface area contributed by atoms with Gasteiger partial charge in [-0.15, -0.1) is 0 Å². The van der Waals surface area contributed by atoms with Crippen LogP contribution in [0.5, 0.6) is 0 Å². The molecule has 2 amide bonds. The Kier molecular flexibility index (Phi) is 5.95. The Hall–Kier alpha value is -2.66. The molecule has 1 aliphatic carbocycles. The van der Waals surface area contributed by atoms with Crippen molar-refractivity contribution >= 4 is 17.5 Å². The summed E-state index contributed by atoms with van der Waals surface area (Å²) in [6, 6.07) is 18.5. The number of hydrogen-bond acceptors (Lipinski definition) is 3. The zero-order valence-corrected chi connectivity index (χ0v) is 17.0. The van der Waals surface area contributed by atoms with Crippen LogP contribution in [0.3, 0.4) is 0 Å². The molecule has 0 spiro atoms. The van der Waals surface area contributed by atoms with E-state index in [1.165, 1.54) is 18.1 Å². The van der Waals surface area contributed by atoms with Crippen molar-refractivity contribution in [2.75, 3.05) is 38.0 Å². The first-order chi connectivity index (χ1) is 14.1. The molecule has 2 aromatic carbocycles. The molecule has 1 heterocycles. The Morgan fingerprint density at radius 3 is 2.31 bits per heavy atom. The van der Waals surface area contributed by atoms with E-state index in [9.17, 15) is 9.59 Å². The number of anilines is 1. The minimum atomic E-state index is -0.0496. The largest absolute Gasteiger partial charge is 0.340 e. The molecule has 2 aromatic rings. The molecular weight excluding hydrogens is 362 g/mol. The zero-order chi connectivity index (χ0) is 20.2. The number of carbonyl (C=O) groups excluding carboxylic acids is 2. The standard InChI is InChI=1S/C24H29N3O2/c1-18(28)25-21-9-7-19(8-10-21)11-12-26-13-15-27(16-14-26)24(29)23-17-22(23)20-5-3-2-4-6-20/h2-10,22-23H,11-17H2,1H3,(H,25,28). The number of nitrogens with zero attached hydrogens (tertiary/aromatic N) is 2. The van der Waals surface area contributed by atoms with Crippen molar-refractivity contribution in [2.45, 2.75) is 25.7 Å². The van der Waals surface area contributed by atoms with Crippen molar-refractivity contribution in [1.82, 2.24) is 9.80 Å². The number of piperazine rings is 1. The van der Waals surface area contributed by atoms with Crippen LogP contribution in [0.15, 0.2) is 54.6 Å². The van der Waals surface area contributed by atoms with E-state index in [0.29, 0.717) is 11.8 Å². The smallest absolute Gasteiger partial charge is 0.226 e. The number of carbonyl (C=O) groups is 2. The highest BCUT2D eigenvalue weighted by molar-refractivity contribution is 5.88. The van der Waals surface area contributed by atoms with Gasteiger partial charge in [0.2, 0.25) is 11.8 Å². The van der Waals surface area contributed by atoms with Crippen LogP contribution in [0, 0.1) is 5.92 Å². The summed E-state index contributed by atoms with van der Waals surface area (Å²) in [7, 11) is 0. The molecule has 2 fully saturated rings. The Balaban J connectivity index is 1.20. The highest BCUT2D eigenvalue weighted by atomic mass is 16.2. The van der Waals surface area contributed by atoms with Crippen molar-refractivity contribution in [3.8, 4) is 0 Å². The van der Waals surface area contributed by atoms with Crippen LogP contribution >= 0.6 is 0 Å². The minimum Gasteiger partial charge on any atom is -0.340 e. The van der Waals surface area contributed by atoms with Gasteiger partial charge < -0.3 is 10.2 Å². The highest BCUT2D eigenvalue weighted by Gasteiger charge is 2.45. The van der Waals surface area contributed by atoms with Gasteiger partial charge in [-0.3, -0.25) is 14.5 Å². The predicted octanol–water partition coefficient (Wildman–Crippen LogP) is 3.14. The van der Waals surface area contributed by atoms with Gasteiger partial charge in [-0.1, -0.05) is 42.5 Å². The van der Waals surface area contributed by atoms with E-state index in [1.54, 1.807) is 0 Å². The number of rotatable bonds is 6. The van der Waals surface area contributed by atoms with Crippen molar-refractivity contribution in [1.29, 1.82) is 0 Å². The van der Waals surface area contributed by atoms with E-state index in [0.717, 1.165) is 51.3 Å². The second kappa shape index (κ2) is 8.78. The minimum absolute atomic E-state index is 0.0496. The first-order valence-corrected chi connectivity index (χ1v) is 10.5. The maximum Gasteiger partial charge on any atom is 0.226 e. The van der Waals surface area contributed by atoms with Gasteiger partial charge in [0.15, 0.2) is 0 Å².